The van der Waals surface area contributed by atoms with E-state index in [1.165, 1.54) is 12.8 Å². The molecule has 1 N–H and O–H groups in total. The lowest BCUT2D eigenvalue weighted by atomic mass is 9.95. The fraction of sp³-hybridized carbons (Fsp3) is 1.00. The van der Waals surface area contributed by atoms with Gasteiger partial charge in [-0.3, -0.25) is 0 Å². The van der Waals surface area contributed by atoms with Crippen LogP contribution in [-0.4, -0.2) is 24.8 Å². The molecule has 1 atom stereocenters. The molecule has 2 nitrogen and oxygen atoms in total. The van der Waals surface area contributed by atoms with Gasteiger partial charge in [-0.05, 0) is 32.9 Å². The van der Waals surface area contributed by atoms with Crippen molar-refractivity contribution in [3.8, 4) is 0 Å². The molecule has 0 amide bonds. The average molecular weight is 127 g/mol. The van der Waals surface area contributed by atoms with Gasteiger partial charge in [-0.2, -0.15) is 0 Å². The van der Waals surface area contributed by atoms with Gasteiger partial charge in [0.25, 0.3) is 0 Å². The molecule has 2 aliphatic rings. The normalized spacial score (nSPS) is 39.0. The van der Waals surface area contributed by atoms with Crippen molar-refractivity contribution in [1.29, 1.82) is 0 Å². The average Bonchev–Trinajstić information content (AvgIpc) is 2.44. The van der Waals surface area contributed by atoms with Gasteiger partial charge in [-0.15, -0.1) is 0 Å². The predicted octanol–water partition coefficient (Wildman–Crippen LogP) is 0.527. The van der Waals surface area contributed by atoms with E-state index in [1.807, 2.05) is 0 Å². The zero-order chi connectivity index (χ0) is 6.32. The van der Waals surface area contributed by atoms with Crippen molar-refractivity contribution in [1.82, 2.24) is 5.32 Å². The summed E-state index contributed by atoms with van der Waals surface area (Å²) in [5.74, 6) is 0. The molecule has 0 bridgehead atoms. The Morgan fingerprint density at radius 2 is 2.00 bits per heavy atom. The molecule has 0 aromatic rings. The van der Waals surface area contributed by atoms with Gasteiger partial charge in [0.15, 0.2) is 0 Å². The van der Waals surface area contributed by atoms with E-state index in [2.05, 4.69) is 12.2 Å². The summed E-state index contributed by atoms with van der Waals surface area (Å²) in [4.78, 5) is 0. The van der Waals surface area contributed by atoms with Crippen LogP contribution >= 0.6 is 0 Å². The number of hydrogen-bond donors (Lipinski definition) is 1. The lowest BCUT2D eigenvalue weighted by Crippen LogP contribution is -2.34. The number of ether oxygens (including phenoxy) is 1. The highest BCUT2D eigenvalue weighted by molar-refractivity contribution is 5.02. The largest absolute Gasteiger partial charge is 0.366 e. The molecule has 0 aromatic carbocycles. The van der Waals surface area contributed by atoms with Crippen LogP contribution in [-0.2, 0) is 4.74 Å². The van der Waals surface area contributed by atoms with Gasteiger partial charge in [0.2, 0.25) is 0 Å². The molecule has 2 heterocycles. The molecule has 2 rings (SSSR count). The van der Waals surface area contributed by atoms with Gasteiger partial charge < -0.3 is 10.1 Å². The molecule has 0 radical (unpaired) electrons. The van der Waals surface area contributed by atoms with Crippen molar-refractivity contribution in [3.63, 3.8) is 0 Å². The van der Waals surface area contributed by atoms with E-state index < -0.39 is 0 Å². The smallest absolute Gasteiger partial charge is 0.0969 e. The molecule has 1 unspecified atom stereocenters. The Hall–Kier alpha value is -0.0800. The maximum Gasteiger partial charge on any atom is 0.0969 e. The van der Waals surface area contributed by atoms with Crippen molar-refractivity contribution in [2.75, 3.05) is 13.1 Å². The molecule has 2 saturated heterocycles. The van der Waals surface area contributed by atoms with Crippen LogP contribution in [0.4, 0.5) is 0 Å². The van der Waals surface area contributed by atoms with Crippen LogP contribution in [0.1, 0.15) is 19.8 Å². The summed E-state index contributed by atoms with van der Waals surface area (Å²) in [6, 6.07) is 0. The van der Waals surface area contributed by atoms with Gasteiger partial charge in [0, 0.05) is 0 Å². The topological polar surface area (TPSA) is 24.6 Å². The van der Waals surface area contributed by atoms with Crippen LogP contribution < -0.4 is 5.32 Å². The fourth-order valence-electron chi connectivity index (χ4n) is 1.69. The predicted molar refractivity (Wildman–Crippen MR) is 35.4 cm³/mol. The van der Waals surface area contributed by atoms with Crippen molar-refractivity contribution in [2.45, 2.75) is 31.5 Å². The van der Waals surface area contributed by atoms with Crippen LogP contribution in [0.3, 0.4) is 0 Å². The van der Waals surface area contributed by atoms with Crippen molar-refractivity contribution in [3.05, 3.63) is 0 Å². The molecule has 0 aliphatic carbocycles. The van der Waals surface area contributed by atoms with Crippen LogP contribution in [0.5, 0.6) is 0 Å². The van der Waals surface area contributed by atoms with Crippen LogP contribution in [0.25, 0.3) is 0 Å². The Balaban J connectivity index is 1.97. The minimum absolute atomic E-state index is 0.325. The first-order valence-electron chi connectivity index (χ1n) is 3.72. The Morgan fingerprint density at radius 1 is 1.44 bits per heavy atom. The number of nitrogens with one attached hydrogen (secondary N) is 1. The molecule has 2 fully saturated rings. The fourth-order valence-corrected chi connectivity index (χ4v) is 1.69. The third-order valence-corrected chi connectivity index (χ3v) is 2.55. The Labute approximate surface area is 55.6 Å². The van der Waals surface area contributed by atoms with Crippen LogP contribution in [0.15, 0.2) is 0 Å². The van der Waals surface area contributed by atoms with Gasteiger partial charge in [0.05, 0.1) is 11.7 Å². The lowest BCUT2D eigenvalue weighted by Gasteiger charge is -2.18. The van der Waals surface area contributed by atoms with E-state index in [4.69, 9.17) is 4.74 Å². The quantitative estimate of drug-likeness (QED) is 0.480. The highest BCUT2D eigenvalue weighted by Gasteiger charge is 2.52. The number of rotatable bonds is 0. The van der Waals surface area contributed by atoms with Gasteiger partial charge in [-0.1, -0.05) is 0 Å². The maximum atomic E-state index is 5.51. The lowest BCUT2D eigenvalue weighted by molar-refractivity contribution is 0.243. The zero-order valence-corrected chi connectivity index (χ0v) is 5.81. The SMILES string of the molecule is CC1OC12CCNCC2. The third kappa shape index (κ3) is 0.775. The summed E-state index contributed by atoms with van der Waals surface area (Å²) in [5, 5.41) is 3.32. The third-order valence-electron chi connectivity index (χ3n) is 2.55. The summed E-state index contributed by atoms with van der Waals surface area (Å²) < 4.78 is 5.51. The van der Waals surface area contributed by atoms with Crippen LogP contribution in [0.2, 0.25) is 0 Å². The standard InChI is InChI=1S/C7H13NO/c1-6-7(9-6)2-4-8-5-3-7/h6,8H,2-5H2,1H3. The Kier molecular flexibility index (Phi) is 1.08. The van der Waals surface area contributed by atoms with E-state index in [9.17, 15) is 0 Å². The highest BCUT2D eigenvalue weighted by atomic mass is 16.6. The van der Waals surface area contributed by atoms with Crippen LogP contribution in [0, 0.1) is 0 Å². The summed E-state index contributed by atoms with van der Waals surface area (Å²) >= 11 is 0. The van der Waals surface area contributed by atoms with Crippen molar-refractivity contribution >= 4 is 0 Å². The second-order valence-electron chi connectivity index (χ2n) is 3.07. The van der Waals surface area contributed by atoms with E-state index >= 15 is 0 Å². The molecule has 2 aliphatic heterocycles. The van der Waals surface area contributed by atoms with Gasteiger partial charge in [0.1, 0.15) is 0 Å². The highest BCUT2D eigenvalue weighted by Crippen LogP contribution is 2.43. The molecule has 9 heavy (non-hydrogen) atoms. The summed E-state index contributed by atoms with van der Waals surface area (Å²) in [6.07, 6.45) is 2.97. The number of epoxide rings is 1. The first kappa shape index (κ1) is 5.69. The maximum absolute atomic E-state index is 5.51. The van der Waals surface area contributed by atoms with Gasteiger partial charge in [-0.25, -0.2) is 0 Å². The molecule has 0 saturated carbocycles. The molecular weight excluding hydrogens is 114 g/mol. The minimum atomic E-state index is 0.325. The van der Waals surface area contributed by atoms with E-state index in [-0.39, 0.29) is 0 Å². The molecule has 2 heteroatoms. The zero-order valence-electron chi connectivity index (χ0n) is 5.81. The molecule has 1 spiro atoms. The molecule has 52 valence electrons. The summed E-state index contributed by atoms with van der Waals surface area (Å²) in [6.45, 7) is 4.46. The first-order chi connectivity index (χ1) is 4.33. The molecule has 0 aromatic heterocycles. The minimum Gasteiger partial charge on any atom is -0.366 e. The molecular formula is C7H13NO. The second kappa shape index (κ2) is 1.70. The van der Waals surface area contributed by atoms with E-state index in [0.29, 0.717) is 11.7 Å². The summed E-state index contributed by atoms with van der Waals surface area (Å²) in [7, 11) is 0. The summed E-state index contributed by atoms with van der Waals surface area (Å²) in [5.41, 5.74) is 0.325. The van der Waals surface area contributed by atoms with E-state index in [1.54, 1.807) is 0 Å². The van der Waals surface area contributed by atoms with Crippen molar-refractivity contribution in [2.24, 2.45) is 0 Å². The van der Waals surface area contributed by atoms with Gasteiger partial charge >= 0.3 is 0 Å². The number of hydrogen-bond acceptors (Lipinski definition) is 2. The monoisotopic (exact) mass is 127 g/mol. The first-order valence-corrected chi connectivity index (χ1v) is 3.72. The Morgan fingerprint density at radius 3 is 2.33 bits per heavy atom. The van der Waals surface area contributed by atoms with Crippen molar-refractivity contribution < 1.29 is 4.74 Å². The number of piperidine rings is 1. The Bertz CT molecular complexity index is 118. The van der Waals surface area contributed by atoms with E-state index in [0.717, 1.165) is 13.1 Å². The second-order valence-corrected chi connectivity index (χ2v) is 3.07.